The van der Waals surface area contributed by atoms with Crippen molar-refractivity contribution in [2.24, 2.45) is 11.8 Å². The minimum atomic E-state index is -1.03. The van der Waals surface area contributed by atoms with Crippen molar-refractivity contribution in [3.63, 3.8) is 0 Å². The van der Waals surface area contributed by atoms with Crippen molar-refractivity contribution in [3.05, 3.63) is 0 Å². The Labute approximate surface area is 303 Å². The van der Waals surface area contributed by atoms with Crippen LogP contribution in [0.5, 0.6) is 0 Å². The van der Waals surface area contributed by atoms with E-state index in [1.165, 1.54) is 0 Å². The average molecular weight is 745 g/mol. The molecule has 0 saturated carbocycles. The van der Waals surface area contributed by atoms with Crippen LogP contribution in [-0.2, 0) is 47.4 Å². The maximum atomic E-state index is 11.6. The lowest BCUT2D eigenvalue weighted by Crippen LogP contribution is -2.61. The summed E-state index contributed by atoms with van der Waals surface area (Å²) in [4.78, 5) is 0. The van der Waals surface area contributed by atoms with E-state index in [9.17, 15) is 30.6 Å². The molecule has 2 fully saturated rings. The van der Waals surface area contributed by atoms with Gasteiger partial charge in [-0.1, -0.05) is 0 Å². The summed E-state index contributed by atoms with van der Waals surface area (Å²) >= 11 is 0. The van der Waals surface area contributed by atoms with Gasteiger partial charge in [-0.05, 0) is 48.5 Å². The number of ether oxygens (including phenoxy) is 10. The predicted octanol–water partition coefficient (Wildman–Crippen LogP) is -0.705. The third-order valence-corrected chi connectivity index (χ3v) is 8.48. The van der Waals surface area contributed by atoms with Crippen LogP contribution < -0.4 is 0 Å². The maximum Gasteiger partial charge on any atom is 0.113 e. The van der Waals surface area contributed by atoms with E-state index < -0.39 is 91.2 Å². The minimum absolute atomic E-state index is 0.00945. The molecule has 2 heterocycles. The highest BCUT2D eigenvalue weighted by Gasteiger charge is 2.49. The summed E-state index contributed by atoms with van der Waals surface area (Å²) in [6.45, 7) is 12.6. The second-order valence-electron chi connectivity index (χ2n) is 14.3. The molecule has 16 nitrogen and oxygen atoms in total. The molecular formula is C35H68O16. The van der Waals surface area contributed by atoms with Gasteiger partial charge in [-0.3, -0.25) is 0 Å². The Balaban J connectivity index is 2.28. The number of aliphatic hydroxyl groups excluding tert-OH is 6. The molecular weight excluding hydrogens is 676 g/mol. The van der Waals surface area contributed by atoms with E-state index in [1.807, 2.05) is 6.92 Å². The fourth-order valence-corrected chi connectivity index (χ4v) is 6.11. The molecule has 0 bridgehead atoms. The van der Waals surface area contributed by atoms with Crippen molar-refractivity contribution >= 4 is 0 Å². The standard InChI is InChI=1S/C35H68O16/c1-20(36)9-43-18-30-28(15-42-8)34(48-12-23(4)39)35(49-13-24(5)40)31(51-30)19-45-16-27-29(17-44-14-25(6)46-10-21(2)37)50-26(7)33(32(27)41)47-11-22(3)38/h20-41H,9-19H2,1-8H3. The first kappa shape index (κ1) is 46.5. The Bertz CT molecular complexity index is 879. The van der Waals surface area contributed by atoms with Gasteiger partial charge < -0.3 is 78.0 Å². The first-order valence-electron chi connectivity index (χ1n) is 18.2. The summed E-state index contributed by atoms with van der Waals surface area (Å²) in [5.41, 5.74) is 0. The molecule has 304 valence electrons. The molecule has 0 aromatic rings. The summed E-state index contributed by atoms with van der Waals surface area (Å²) in [5, 5.41) is 60.9. The van der Waals surface area contributed by atoms with Crippen molar-refractivity contribution in [3.8, 4) is 0 Å². The van der Waals surface area contributed by atoms with Crippen LogP contribution in [0.25, 0.3) is 0 Å². The average Bonchev–Trinajstić information content (AvgIpc) is 3.03. The van der Waals surface area contributed by atoms with E-state index in [-0.39, 0.29) is 78.8 Å². The van der Waals surface area contributed by atoms with Crippen LogP contribution in [0, 0.1) is 11.8 Å². The Morgan fingerprint density at radius 2 is 1.00 bits per heavy atom. The third-order valence-electron chi connectivity index (χ3n) is 8.48. The van der Waals surface area contributed by atoms with Crippen molar-refractivity contribution in [2.75, 3.05) is 79.8 Å². The van der Waals surface area contributed by atoms with Crippen molar-refractivity contribution in [2.45, 2.75) is 134 Å². The van der Waals surface area contributed by atoms with Crippen LogP contribution in [0.4, 0.5) is 0 Å². The lowest BCUT2D eigenvalue weighted by atomic mass is 9.86. The maximum absolute atomic E-state index is 11.6. The van der Waals surface area contributed by atoms with Gasteiger partial charge >= 0.3 is 0 Å². The Kier molecular flexibility index (Phi) is 22.5. The molecule has 0 aliphatic carbocycles. The van der Waals surface area contributed by atoms with Gasteiger partial charge in [-0.15, -0.1) is 0 Å². The summed E-state index contributed by atoms with van der Waals surface area (Å²) in [7, 11) is 1.56. The molecule has 16 atom stereocenters. The summed E-state index contributed by atoms with van der Waals surface area (Å²) in [6.07, 6.45) is -9.44. The van der Waals surface area contributed by atoms with Crippen molar-refractivity contribution < 1.29 is 78.0 Å². The van der Waals surface area contributed by atoms with E-state index in [0.29, 0.717) is 0 Å². The first-order chi connectivity index (χ1) is 24.1. The normalized spacial score (nSPS) is 33.8. The summed E-state index contributed by atoms with van der Waals surface area (Å²) < 4.78 is 60.2. The number of hydrogen-bond donors (Lipinski definition) is 6. The van der Waals surface area contributed by atoms with Crippen LogP contribution in [0.1, 0.15) is 48.5 Å². The Morgan fingerprint density at radius 1 is 0.510 bits per heavy atom. The van der Waals surface area contributed by atoms with Crippen LogP contribution >= 0.6 is 0 Å². The number of hydrogen-bond acceptors (Lipinski definition) is 16. The van der Waals surface area contributed by atoms with Crippen LogP contribution in [0.2, 0.25) is 0 Å². The molecule has 2 aliphatic rings. The highest BCUT2D eigenvalue weighted by Crippen LogP contribution is 2.33. The summed E-state index contributed by atoms with van der Waals surface area (Å²) in [6, 6.07) is 0. The van der Waals surface area contributed by atoms with Crippen LogP contribution in [-0.4, -0.2) is 196 Å². The minimum Gasteiger partial charge on any atom is -0.391 e. The summed E-state index contributed by atoms with van der Waals surface area (Å²) in [5.74, 6) is -1.00. The number of aliphatic hydroxyl groups is 6. The largest absolute Gasteiger partial charge is 0.391 e. The van der Waals surface area contributed by atoms with Gasteiger partial charge in [0.1, 0.15) is 18.3 Å². The predicted molar refractivity (Wildman–Crippen MR) is 183 cm³/mol. The molecule has 0 spiro atoms. The van der Waals surface area contributed by atoms with Gasteiger partial charge in [-0.2, -0.15) is 0 Å². The van der Waals surface area contributed by atoms with Gasteiger partial charge in [0.25, 0.3) is 0 Å². The van der Waals surface area contributed by atoms with E-state index in [1.54, 1.807) is 48.7 Å². The van der Waals surface area contributed by atoms with Crippen molar-refractivity contribution in [1.82, 2.24) is 0 Å². The topological polar surface area (TPSA) is 214 Å². The zero-order valence-electron chi connectivity index (χ0n) is 31.8. The molecule has 0 amide bonds. The zero-order chi connectivity index (χ0) is 38.1. The van der Waals surface area contributed by atoms with Crippen LogP contribution in [0.3, 0.4) is 0 Å². The highest BCUT2D eigenvalue weighted by atomic mass is 16.6. The first-order valence-corrected chi connectivity index (χ1v) is 18.2. The van der Waals surface area contributed by atoms with Gasteiger partial charge in [0, 0.05) is 18.9 Å². The fourth-order valence-electron chi connectivity index (χ4n) is 6.11. The molecule has 16 heteroatoms. The third kappa shape index (κ3) is 17.1. The second-order valence-corrected chi connectivity index (χ2v) is 14.3. The number of rotatable bonds is 26. The number of methoxy groups -OCH3 is 1. The van der Waals surface area contributed by atoms with E-state index in [0.717, 1.165) is 0 Å². The molecule has 2 saturated heterocycles. The molecule has 2 rings (SSSR count). The Hall–Kier alpha value is -0.640. The fraction of sp³-hybridized carbons (Fsp3) is 1.00. The molecule has 2 aliphatic heterocycles. The van der Waals surface area contributed by atoms with Gasteiger partial charge in [0.15, 0.2) is 0 Å². The second kappa shape index (κ2) is 24.7. The zero-order valence-corrected chi connectivity index (χ0v) is 31.8. The molecule has 6 N–H and O–H groups in total. The van der Waals surface area contributed by atoms with Gasteiger partial charge in [0.05, 0.1) is 140 Å². The molecule has 0 aromatic carbocycles. The quantitative estimate of drug-likeness (QED) is 0.0646. The monoisotopic (exact) mass is 744 g/mol. The highest BCUT2D eigenvalue weighted by molar-refractivity contribution is 4.96. The smallest absolute Gasteiger partial charge is 0.113 e. The lowest BCUT2D eigenvalue weighted by molar-refractivity contribution is -0.264. The molecule has 0 aromatic heterocycles. The van der Waals surface area contributed by atoms with Crippen molar-refractivity contribution in [1.29, 1.82) is 0 Å². The lowest BCUT2D eigenvalue weighted by Gasteiger charge is -2.47. The van der Waals surface area contributed by atoms with E-state index in [4.69, 9.17) is 47.4 Å². The van der Waals surface area contributed by atoms with Gasteiger partial charge in [-0.25, -0.2) is 0 Å². The SMILES string of the molecule is COCC1C(COCC(C)O)OC(COCC2C(COCC(C)OCC(C)O)OC(C)C(OCC(C)O)C2O)C(OCC(C)O)C1OCC(C)O. The van der Waals surface area contributed by atoms with E-state index in [2.05, 4.69) is 0 Å². The molecule has 16 unspecified atom stereocenters. The van der Waals surface area contributed by atoms with Gasteiger partial charge in [0.2, 0.25) is 0 Å². The van der Waals surface area contributed by atoms with E-state index >= 15 is 0 Å². The molecule has 0 radical (unpaired) electrons. The van der Waals surface area contributed by atoms with Crippen LogP contribution in [0.15, 0.2) is 0 Å². The Morgan fingerprint density at radius 3 is 1.55 bits per heavy atom. The molecule has 51 heavy (non-hydrogen) atoms.